The van der Waals surface area contributed by atoms with E-state index in [1.807, 2.05) is 24.3 Å². The molecule has 8 aromatic rings. The van der Waals surface area contributed by atoms with Crippen molar-refractivity contribution in [1.82, 2.24) is 9.47 Å². The van der Waals surface area contributed by atoms with Crippen molar-refractivity contribution >= 4 is 33.2 Å². The molecule has 1 aliphatic rings. The van der Waals surface area contributed by atoms with E-state index in [9.17, 15) is 0 Å². The molecule has 0 saturated heterocycles. The fourth-order valence-corrected chi connectivity index (χ4v) is 8.14. The second kappa shape index (κ2) is 15.7. The van der Waals surface area contributed by atoms with Gasteiger partial charge in [-0.1, -0.05) is 146 Å². The molecule has 1 aromatic heterocycles. The molecule has 5 nitrogen and oxygen atoms in total. The monoisotopic (exact) mass is 727 g/mol. The minimum absolute atomic E-state index is 0.350. The maximum absolute atomic E-state index is 7.05. The van der Waals surface area contributed by atoms with Gasteiger partial charge in [-0.25, -0.2) is 0 Å². The third kappa shape index (κ3) is 6.96. The van der Waals surface area contributed by atoms with Gasteiger partial charge < -0.3 is 21.4 Å². The number of nitrogens with zero attached hydrogens (tertiary/aromatic N) is 2. The van der Waals surface area contributed by atoms with E-state index in [4.69, 9.17) is 11.5 Å². The van der Waals surface area contributed by atoms with Gasteiger partial charge in [0, 0.05) is 45.5 Å². The predicted octanol–water partition coefficient (Wildman–Crippen LogP) is 11.9. The Morgan fingerprint density at radius 3 is 2.07 bits per heavy atom. The van der Waals surface area contributed by atoms with Crippen LogP contribution in [-0.2, 0) is 6.54 Å². The van der Waals surface area contributed by atoms with E-state index in [-0.39, 0.29) is 12.3 Å². The van der Waals surface area contributed by atoms with Crippen molar-refractivity contribution in [3.05, 3.63) is 211 Å². The third-order valence-electron chi connectivity index (χ3n) is 10.9. The largest absolute Gasteiger partial charge is 0.355 e. The van der Waals surface area contributed by atoms with Crippen LogP contribution in [-0.4, -0.2) is 15.6 Å². The summed E-state index contributed by atoms with van der Waals surface area (Å²) in [6, 6.07) is 62.3. The first-order valence-corrected chi connectivity index (χ1v) is 19.4. The molecule has 5 N–H and O–H groups in total. The van der Waals surface area contributed by atoms with Crippen molar-refractivity contribution in [2.75, 3.05) is 5.32 Å². The van der Waals surface area contributed by atoms with E-state index in [0.717, 1.165) is 68.8 Å². The van der Waals surface area contributed by atoms with Crippen LogP contribution in [0.5, 0.6) is 0 Å². The molecule has 0 bridgehead atoms. The number of aromatic nitrogens is 1. The molecule has 1 unspecified atom stereocenters. The molecule has 0 fully saturated rings. The maximum Gasteiger partial charge on any atom is 0.0853 e. The summed E-state index contributed by atoms with van der Waals surface area (Å²) in [6.45, 7) is 0.591. The van der Waals surface area contributed by atoms with E-state index in [2.05, 4.69) is 185 Å². The SMILES string of the molecule is NC(c1ccccc1)N(Cc1cccc(-c2cccc3c4cc(-c5ccccc5Nc5ccccc5)ccc4n(-c4ccccc4)c23)c1)[C@@H](N)C1=CCCC=C1. The van der Waals surface area contributed by atoms with Gasteiger partial charge in [-0.15, -0.1) is 0 Å². The molecule has 9 rings (SSSR count). The summed E-state index contributed by atoms with van der Waals surface area (Å²) in [5.74, 6) is 0. The molecule has 0 saturated carbocycles. The first-order valence-electron chi connectivity index (χ1n) is 19.4. The molecule has 2 atom stereocenters. The van der Waals surface area contributed by atoms with Gasteiger partial charge >= 0.3 is 0 Å². The predicted molar refractivity (Wildman–Crippen MR) is 235 cm³/mol. The van der Waals surface area contributed by atoms with Crippen LogP contribution in [0.3, 0.4) is 0 Å². The number of nitrogens with one attached hydrogen (secondary N) is 1. The second-order valence-corrected chi connectivity index (χ2v) is 14.5. The molecule has 56 heavy (non-hydrogen) atoms. The molecule has 0 spiro atoms. The van der Waals surface area contributed by atoms with Gasteiger partial charge in [0.05, 0.1) is 23.4 Å². The first kappa shape index (κ1) is 35.2. The van der Waals surface area contributed by atoms with Crippen molar-refractivity contribution in [2.24, 2.45) is 11.5 Å². The zero-order valence-corrected chi connectivity index (χ0v) is 31.3. The van der Waals surface area contributed by atoms with Crippen LogP contribution in [0.1, 0.15) is 30.1 Å². The fraction of sp³-hybridized carbons (Fsp3) is 0.0980. The number of para-hydroxylation sites is 4. The second-order valence-electron chi connectivity index (χ2n) is 14.5. The standard InChI is InChI=1S/C51H45N5/c52-50(37-18-5-1-6-19-37)55(51(53)38-20-7-2-8-21-38)35-36-17-15-22-39(33-36)44-28-16-29-45-46-34-40(31-32-48(46)56(49(44)45)42-25-11-4-12-26-42)43-27-13-14-30-47(43)54-41-23-9-3-10-24-41/h1,3-7,9-34,50-51,54H,2,8,35,52-53H2/t50?,51-/m1/s1. The summed E-state index contributed by atoms with van der Waals surface area (Å²) < 4.78 is 2.42. The van der Waals surface area contributed by atoms with Crippen LogP contribution in [0.2, 0.25) is 0 Å². The summed E-state index contributed by atoms with van der Waals surface area (Å²) in [5.41, 5.74) is 27.6. The zero-order valence-electron chi connectivity index (χ0n) is 31.3. The van der Waals surface area contributed by atoms with Crippen LogP contribution in [0.4, 0.5) is 11.4 Å². The van der Waals surface area contributed by atoms with Crippen molar-refractivity contribution in [3.8, 4) is 27.9 Å². The van der Waals surface area contributed by atoms with Gasteiger partial charge in [-0.2, -0.15) is 0 Å². The lowest BCUT2D eigenvalue weighted by Gasteiger charge is -2.35. The average Bonchev–Trinajstić information content (AvgIpc) is 3.60. The van der Waals surface area contributed by atoms with Gasteiger partial charge in [0.2, 0.25) is 0 Å². The Morgan fingerprint density at radius 1 is 0.589 bits per heavy atom. The quantitative estimate of drug-likeness (QED) is 0.116. The highest BCUT2D eigenvalue weighted by molar-refractivity contribution is 6.15. The smallest absolute Gasteiger partial charge is 0.0853 e. The topological polar surface area (TPSA) is 72.2 Å². The lowest BCUT2D eigenvalue weighted by Crippen LogP contribution is -2.47. The van der Waals surface area contributed by atoms with Gasteiger partial charge in [-0.05, 0) is 89.2 Å². The molecule has 274 valence electrons. The first-order chi connectivity index (χ1) is 27.6. The van der Waals surface area contributed by atoms with E-state index >= 15 is 0 Å². The number of nitrogens with two attached hydrogens (primary N) is 2. The molecule has 1 aliphatic carbocycles. The molecular weight excluding hydrogens is 683 g/mol. The van der Waals surface area contributed by atoms with Gasteiger partial charge in [0.1, 0.15) is 0 Å². The third-order valence-corrected chi connectivity index (χ3v) is 10.9. The Kier molecular flexibility index (Phi) is 9.87. The molecule has 0 amide bonds. The van der Waals surface area contributed by atoms with Crippen molar-refractivity contribution in [3.63, 3.8) is 0 Å². The van der Waals surface area contributed by atoms with E-state index in [1.54, 1.807) is 0 Å². The maximum atomic E-state index is 7.05. The summed E-state index contributed by atoms with van der Waals surface area (Å²) >= 11 is 0. The lowest BCUT2D eigenvalue weighted by molar-refractivity contribution is 0.151. The Bertz CT molecular complexity index is 2680. The summed E-state index contributed by atoms with van der Waals surface area (Å²) in [7, 11) is 0. The Balaban J connectivity index is 1.16. The Hall–Kier alpha value is -6.50. The minimum atomic E-state index is -0.377. The zero-order chi connectivity index (χ0) is 37.8. The number of hydrogen-bond acceptors (Lipinski definition) is 4. The van der Waals surface area contributed by atoms with Crippen molar-refractivity contribution < 1.29 is 0 Å². The van der Waals surface area contributed by atoms with Gasteiger partial charge in [0.25, 0.3) is 0 Å². The molecule has 0 radical (unpaired) electrons. The van der Waals surface area contributed by atoms with Crippen LogP contribution in [0.15, 0.2) is 200 Å². The number of rotatable bonds is 11. The number of hydrogen-bond donors (Lipinski definition) is 3. The molecule has 1 heterocycles. The highest BCUT2D eigenvalue weighted by Gasteiger charge is 2.26. The summed E-state index contributed by atoms with van der Waals surface area (Å²) in [5, 5.41) is 6.05. The van der Waals surface area contributed by atoms with Crippen molar-refractivity contribution in [1.29, 1.82) is 0 Å². The van der Waals surface area contributed by atoms with E-state index in [0.29, 0.717) is 6.54 Å². The number of anilines is 2. The van der Waals surface area contributed by atoms with Crippen LogP contribution >= 0.6 is 0 Å². The summed E-state index contributed by atoms with van der Waals surface area (Å²) in [6.07, 6.45) is 7.91. The normalized spacial score (nSPS) is 13.9. The summed E-state index contributed by atoms with van der Waals surface area (Å²) in [4.78, 5) is 2.21. The van der Waals surface area contributed by atoms with Crippen molar-refractivity contribution in [2.45, 2.75) is 31.7 Å². The number of allylic oxidation sites excluding steroid dienone is 2. The average molecular weight is 728 g/mol. The molecule has 0 aliphatic heterocycles. The van der Waals surface area contributed by atoms with Gasteiger partial charge in [0.15, 0.2) is 0 Å². The minimum Gasteiger partial charge on any atom is -0.355 e. The van der Waals surface area contributed by atoms with E-state index in [1.165, 1.54) is 21.9 Å². The van der Waals surface area contributed by atoms with Gasteiger partial charge in [-0.3, -0.25) is 4.90 Å². The van der Waals surface area contributed by atoms with Crippen LogP contribution in [0.25, 0.3) is 49.7 Å². The highest BCUT2D eigenvalue weighted by atomic mass is 15.3. The highest BCUT2D eigenvalue weighted by Crippen LogP contribution is 2.41. The molecular formula is C51H45N5. The lowest BCUT2D eigenvalue weighted by atomic mass is 9.98. The fourth-order valence-electron chi connectivity index (χ4n) is 8.14. The number of fused-ring (bicyclic) bond motifs is 3. The molecule has 7 aromatic carbocycles. The molecule has 5 heteroatoms. The number of benzene rings is 7. The Morgan fingerprint density at radius 2 is 1.29 bits per heavy atom. The Labute approximate surface area is 328 Å². The van der Waals surface area contributed by atoms with E-state index < -0.39 is 0 Å². The van der Waals surface area contributed by atoms with Crippen LogP contribution in [0, 0.1) is 0 Å². The van der Waals surface area contributed by atoms with Crippen LogP contribution < -0.4 is 16.8 Å².